The zero-order valence-corrected chi connectivity index (χ0v) is 12.2. The standard InChI is InChI=1S/2C6H10O6/c2*7-1-2-3(8)4(9)5(10)6(11)12-2/h2*2-5,7-10H,1H2/t2*2-,3-,4+,5-/m11/s1. The zero-order chi connectivity index (χ0) is 18.6. The molecule has 0 aliphatic carbocycles. The predicted octanol–water partition coefficient (Wildman–Crippen LogP) is -6.03. The minimum Gasteiger partial charge on any atom is -0.455 e. The fourth-order valence-corrected chi connectivity index (χ4v) is 1.96. The lowest BCUT2D eigenvalue weighted by Crippen LogP contribution is -2.56. The lowest BCUT2D eigenvalue weighted by atomic mass is 10.0. The molecule has 0 amide bonds. The van der Waals surface area contributed by atoms with Crippen LogP contribution in [0.5, 0.6) is 0 Å². The van der Waals surface area contributed by atoms with Crippen LogP contribution in [0.4, 0.5) is 0 Å². The van der Waals surface area contributed by atoms with E-state index in [1.807, 2.05) is 0 Å². The van der Waals surface area contributed by atoms with Crippen molar-refractivity contribution in [1.82, 2.24) is 0 Å². The molecule has 8 atom stereocenters. The molecule has 8 N–H and O–H groups in total. The van der Waals surface area contributed by atoms with Gasteiger partial charge in [-0.3, -0.25) is 0 Å². The summed E-state index contributed by atoms with van der Waals surface area (Å²) in [4.78, 5) is 21.3. The highest BCUT2D eigenvalue weighted by molar-refractivity contribution is 5.76. The van der Waals surface area contributed by atoms with Crippen LogP contribution in [0.25, 0.3) is 0 Å². The number of cyclic esters (lactones) is 2. The van der Waals surface area contributed by atoms with E-state index in [9.17, 15) is 9.59 Å². The molecular weight excluding hydrogens is 336 g/mol. The van der Waals surface area contributed by atoms with E-state index in [2.05, 4.69) is 9.47 Å². The van der Waals surface area contributed by atoms with Gasteiger partial charge in [0.15, 0.2) is 24.4 Å². The molecule has 0 radical (unpaired) electrons. The lowest BCUT2D eigenvalue weighted by Gasteiger charge is -2.32. The third kappa shape index (κ3) is 4.37. The van der Waals surface area contributed by atoms with Crippen LogP contribution in [-0.2, 0) is 19.1 Å². The average molecular weight is 356 g/mol. The third-order valence-electron chi connectivity index (χ3n) is 3.49. The fraction of sp³-hybridized carbons (Fsp3) is 0.833. The van der Waals surface area contributed by atoms with Crippen LogP contribution in [0.15, 0.2) is 0 Å². The largest absolute Gasteiger partial charge is 0.455 e. The SMILES string of the molecule is O=C1O[C@H](CO)[C@@H](O)[C@H](O)[C@H]1O.O=C1O[C@H](CO)[C@@H](O)[C@H](O)[C@H]1O. The predicted molar refractivity (Wildman–Crippen MR) is 70.0 cm³/mol. The minimum atomic E-state index is -1.73. The van der Waals surface area contributed by atoms with Crippen molar-refractivity contribution in [2.45, 2.75) is 48.8 Å². The van der Waals surface area contributed by atoms with Gasteiger partial charge in [-0.1, -0.05) is 0 Å². The van der Waals surface area contributed by atoms with Gasteiger partial charge >= 0.3 is 11.9 Å². The molecule has 2 fully saturated rings. The second kappa shape index (κ2) is 8.64. The maximum absolute atomic E-state index is 10.7. The van der Waals surface area contributed by atoms with Crippen molar-refractivity contribution >= 4 is 11.9 Å². The summed E-state index contributed by atoms with van der Waals surface area (Å²) in [6, 6.07) is 0. The van der Waals surface area contributed by atoms with E-state index in [1.54, 1.807) is 0 Å². The molecule has 0 bridgehead atoms. The molecule has 2 saturated heterocycles. The third-order valence-corrected chi connectivity index (χ3v) is 3.49. The van der Waals surface area contributed by atoms with Crippen LogP contribution in [-0.4, -0.2) is 115 Å². The van der Waals surface area contributed by atoms with Crippen molar-refractivity contribution in [3.63, 3.8) is 0 Å². The van der Waals surface area contributed by atoms with Crippen LogP contribution in [0.3, 0.4) is 0 Å². The average Bonchev–Trinajstić information content (AvgIpc) is 2.58. The Hall–Kier alpha value is -1.38. The highest BCUT2D eigenvalue weighted by Crippen LogP contribution is 2.16. The molecule has 12 heteroatoms. The summed E-state index contributed by atoms with van der Waals surface area (Å²) < 4.78 is 8.76. The Kier molecular flexibility index (Phi) is 7.44. The number of hydrogen-bond donors (Lipinski definition) is 8. The van der Waals surface area contributed by atoms with Crippen molar-refractivity contribution in [2.75, 3.05) is 13.2 Å². The normalized spacial score (nSPS) is 42.5. The molecule has 140 valence electrons. The van der Waals surface area contributed by atoms with Gasteiger partial charge in [0.1, 0.15) is 24.4 Å². The van der Waals surface area contributed by atoms with E-state index in [0.717, 1.165) is 0 Å². The summed E-state index contributed by atoms with van der Waals surface area (Å²) >= 11 is 0. The van der Waals surface area contributed by atoms with Crippen LogP contribution in [0.1, 0.15) is 0 Å². The Balaban J connectivity index is 0.000000240. The summed E-state index contributed by atoms with van der Waals surface area (Å²) in [5.41, 5.74) is 0. The van der Waals surface area contributed by atoms with Gasteiger partial charge in [0, 0.05) is 0 Å². The molecule has 0 aromatic carbocycles. The van der Waals surface area contributed by atoms with Crippen molar-refractivity contribution in [3.8, 4) is 0 Å². The Labute approximate surface area is 135 Å². The second-order valence-electron chi connectivity index (χ2n) is 5.17. The first kappa shape index (κ1) is 20.7. The maximum Gasteiger partial charge on any atom is 0.338 e. The van der Waals surface area contributed by atoms with Gasteiger partial charge in [-0.05, 0) is 0 Å². The molecule has 2 rings (SSSR count). The van der Waals surface area contributed by atoms with E-state index < -0.39 is 74.0 Å². The van der Waals surface area contributed by atoms with Gasteiger partial charge in [-0.15, -0.1) is 0 Å². The summed E-state index contributed by atoms with van der Waals surface area (Å²) in [6.07, 6.45) is -11.9. The molecular formula is C12H20O12. The van der Waals surface area contributed by atoms with Gasteiger partial charge in [-0.2, -0.15) is 0 Å². The van der Waals surface area contributed by atoms with Gasteiger partial charge in [0.2, 0.25) is 0 Å². The first-order chi connectivity index (χ1) is 11.1. The van der Waals surface area contributed by atoms with Crippen LogP contribution < -0.4 is 0 Å². The number of hydrogen-bond acceptors (Lipinski definition) is 12. The smallest absolute Gasteiger partial charge is 0.338 e. The molecule has 0 aromatic rings. The topological polar surface area (TPSA) is 214 Å². The highest BCUT2D eigenvalue weighted by atomic mass is 16.6. The number of carbonyl (C=O) groups is 2. The molecule has 0 aromatic heterocycles. The van der Waals surface area contributed by atoms with Gasteiger partial charge in [0.25, 0.3) is 0 Å². The zero-order valence-electron chi connectivity index (χ0n) is 12.2. The van der Waals surface area contributed by atoms with Crippen molar-refractivity contribution in [3.05, 3.63) is 0 Å². The highest BCUT2D eigenvalue weighted by Gasteiger charge is 2.44. The van der Waals surface area contributed by atoms with Crippen molar-refractivity contribution in [1.29, 1.82) is 0 Å². The van der Waals surface area contributed by atoms with E-state index in [0.29, 0.717) is 0 Å². The molecule has 2 heterocycles. The molecule has 2 aliphatic rings. The number of aliphatic hydroxyl groups excluding tert-OH is 8. The molecule has 12 nitrogen and oxygen atoms in total. The summed E-state index contributed by atoms with van der Waals surface area (Å²) in [6.45, 7) is -1.17. The van der Waals surface area contributed by atoms with Gasteiger partial charge < -0.3 is 50.3 Å². The Morgan fingerprint density at radius 3 is 1.17 bits per heavy atom. The second-order valence-corrected chi connectivity index (χ2v) is 5.17. The number of aliphatic hydroxyl groups is 8. The summed E-state index contributed by atoms with van der Waals surface area (Å²) in [5, 5.41) is 71.0. The molecule has 0 unspecified atom stereocenters. The molecule has 2 aliphatic heterocycles. The van der Waals surface area contributed by atoms with Crippen molar-refractivity contribution < 1.29 is 59.9 Å². The van der Waals surface area contributed by atoms with Gasteiger partial charge in [0.05, 0.1) is 13.2 Å². The number of esters is 2. The van der Waals surface area contributed by atoms with Crippen LogP contribution in [0, 0.1) is 0 Å². The monoisotopic (exact) mass is 356 g/mol. The molecule has 24 heavy (non-hydrogen) atoms. The van der Waals surface area contributed by atoms with Crippen LogP contribution in [0.2, 0.25) is 0 Å². The van der Waals surface area contributed by atoms with E-state index >= 15 is 0 Å². The minimum absolute atomic E-state index is 0.587. The number of rotatable bonds is 2. The number of ether oxygens (including phenoxy) is 2. The van der Waals surface area contributed by atoms with Gasteiger partial charge in [-0.25, -0.2) is 9.59 Å². The summed E-state index contributed by atoms with van der Waals surface area (Å²) in [5.74, 6) is -2.07. The Morgan fingerprint density at radius 2 is 0.917 bits per heavy atom. The van der Waals surface area contributed by atoms with E-state index in [1.165, 1.54) is 0 Å². The maximum atomic E-state index is 10.7. The van der Waals surface area contributed by atoms with E-state index in [4.69, 9.17) is 40.9 Å². The molecule has 0 saturated carbocycles. The quantitative estimate of drug-likeness (QED) is 0.217. The fourth-order valence-electron chi connectivity index (χ4n) is 1.96. The van der Waals surface area contributed by atoms with Crippen molar-refractivity contribution in [2.24, 2.45) is 0 Å². The van der Waals surface area contributed by atoms with Crippen LogP contribution >= 0.6 is 0 Å². The molecule has 0 spiro atoms. The number of carbonyl (C=O) groups excluding carboxylic acids is 2. The summed E-state index contributed by atoms with van der Waals surface area (Å²) in [7, 11) is 0. The van der Waals surface area contributed by atoms with E-state index in [-0.39, 0.29) is 0 Å². The first-order valence-corrected chi connectivity index (χ1v) is 6.86. The lowest BCUT2D eigenvalue weighted by molar-refractivity contribution is -0.206. The first-order valence-electron chi connectivity index (χ1n) is 6.86. The Bertz CT molecular complexity index is 398. The Morgan fingerprint density at radius 1 is 0.625 bits per heavy atom.